The molecule has 1 aromatic rings. The second-order valence-electron chi connectivity index (χ2n) is 4.54. The second-order valence-corrected chi connectivity index (χ2v) is 7.44. The van der Waals surface area contributed by atoms with Gasteiger partial charge in [0.2, 0.25) is 6.19 Å². The molecule has 1 fully saturated rings. The lowest BCUT2D eigenvalue weighted by Gasteiger charge is -2.20. The summed E-state index contributed by atoms with van der Waals surface area (Å²) in [6.07, 6.45) is 7.78. The molecule has 18 heavy (non-hydrogen) atoms. The van der Waals surface area contributed by atoms with Crippen LogP contribution in [0.2, 0.25) is 5.15 Å². The fourth-order valence-corrected chi connectivity index (χ4v) is 4.50. The van der Waals surface area contributed by atoms with Gasteiger partial charge in [0, 0.05) is 18.4 Å². The minimum absolute atomic E-state index is 0.0693. The fraction of sp³-hybridized carbons (Fsp3) is 0.500. The lowest BCUT2D eigenvalue weighted by molar-refractivity contribution is 0.649. The largest absolute Gasteiger partial charge is 0.249 e. The maximum absolute atomic E-state index is 12.4. The molecule has 0 saturated heterocycles. The summed E-state index contributed by atoms with van der Waals surface area (Å²) in [5, 5.41) is 9.01. The third kappa shape index (κ3) is 2.65. The Labute approximate surface area is 112 Å². The molecule has 0 amide bonds. The van der Waals surface area contributed by atoms with Crippen molar-refractivity contribution in [2.24, 2.45) is 4.36 Å². The van der Waals surface area contributed by atoms with E-state index in [4.69, 9.17) is 16.9 Å². The molecule has 4 nitrogen and oxygen atoms in total. The minimum Gasteiger partial charge on any atom is -0.249 e. The number of hydrogen-bond donors (Lipinski definition) is 0. The minimum atomic E-state index is -2.46. The van der Waals surface area contributed by atoms with Gasteiger partial charge in [0.15, 0.2) is 0 Å². The summed E-state index contributed by atoms with van der Waals surface area (Å²) in [4.78, 5) is 4.06. The van der Waals surface area contributed by atoms with Gasteiger partial charge in [-0.05, 0) is 24.5 Å². The average molecular weight is 284 g/mol. The molecule has 0 bridgehead atoms. The molecule has 2 rings (SSSR count). The molecule has 1 saturated carbocycles. The number of nitrogens with zero attached hydrogens (tertiary/aromatic N) is 3. The van der Waals surface area contributed by atoms with Crippen LogP contribution in [0, 0.1) is 11.5 Å². The van der Waals surface area contributed by atoms with Crippen molar-refractivity contribution >= 4 is 21.3 Å². The van der Waals surface area contributed by atoms with Crippen LogP contribution in [0.25, 0.3) is 0 Å². The van der Waals surface area contributed by atoms with Gasteiger partial charge in [0.05, 0.1) is 15.0 Å². The number of halogens is 1. The third-order valence-electron chi connectivity index (χ3n) is 3.41. The topological polar surface area (TPSA) is 66.1 Å². The normalized spacial score (nSPS) is 26.3. The molecule has 1 heterocycles. The van der Waals surface area contributed by atoms with Crippen molar-refractivity contribution in [3.05, 3.63) is 29.0 Å². The Morgan fingerprint density at radius 2 is 2.33 bits per heavy atom. The first-order valence-corrected chi connectivity index (χ1v) is 8.11. The van der Waals surface area contributed by atoms with E-state index >= 15 is 0 Å². The van der Waals surface area contributed by atoms with Gasteiger partial charge in [-0.1, -0.05) is 24.1 Å². The molecule has 3 atom stereocenters. The van der Waals surface area contributed by atoms with Crippen molar-refractivity contribution in [1.29, 1.82) is 5.26 Å². The highest BCUT2D eigenvalue weighted by Crippen LogP contribution is 2.39. The highest BCUT2D eigenvalue weighted by Gasteiger charge is 2.34. The first-order chi connectivity index (χ1) is 8.54. The third-order valence-corrected chi connectivity index (χ3v) is 5.77. The lowest BCUT2D eigenvalue weighted by atomic mass is 9.99. The zero-order valence-corrected chi connectivity index (χ0v) is 11.6. The number of rotatable bonds is 2. The molecular formula is C12H14ClN3OS. The van der Waals surface area contributed by atoms with Crippen molar-refractivity contribution < 1.29 is 4.21 Å². The molecule has 1 aromatic heterocycles. The predicted octanol–water partition coefficient (Wildman–Crippen LogP) is 2.95. The zero-order valence-electron chi connectivity index (χ0n) is 10.0. The van der Waals surface area contributed by atoms with Crippen molar-refractivity contribution in [3.8, 4) is 6.19 Å². The van der Waals surface area contributed by atoms with Crippen LogP contribution in [0.15, 0.2) is 22.7 Å². The number of pyridine rings is 1. The van der Waals surface area contributed by atoms with E-state index in [-0.39, 0.29) is 11.2 Å². The predicted molar refractivity (Wildman–Crippen MR) is 71.7 cm³/mol. The van der Waals surface area contributed by atoms with Crippen LogP contribution in [0.4, 0.5) is 0 Å². The molecule has 1 aliphatic carbocycles. The standard InChI is InChI=1S/C12H14ClN3OS/c1-18(17,16-8-14)11-4-2-3-10(11)9-5-6-12(13)15-7-9/h5-7,10-11H,2-4H2,1H3/t10-,11-,18?/m1/s1. The fourth-order valence-electron chi connectivity index (χ4n) is 2.59. The summed E-state index contributed by atoms with van der Waals surface area (Å²) in [5.41, 5.74) is 1.03. The summed E-state index contributed by atoms with van der Waals surface area (Å²) in [6, 6.07) is 3.66. The Kier molecular flexibility index (Phi) is 3.88. The summed E-state index contributed by atoms with van der Waals surface area (Å²) in [7, 11) is -2.46. The highest BCUT2D eigenvalue weighted by atomic mass is 35.5. The molecular weight excluding hydrogens is 270 g/mol. The lowest BCUT2D eigenvalue weighted by Crippen LogP contribution is -2.22. The van der Waals surface area contributed by atoms with Crippen LogP contribution in [-0.4, -0.2) is 20.7 Å². The van der Waals surface area contributed by atoms with Crippen LogP contribution in [0.3, 0.4) is 0 Å². The van der Waals surface area contributed by atoms with Crippen LogP contribution in [-0.2, 0) is 9.73 Å². The molecule has 0 N–H and O–H groups in total. The molecule has 96 valence electrons. The maximum atomic E-state index is 12.4. The van der Waals surface area contributed by atoms with Gasteiger partial charge in [0.1, 0.15) is 5.15 Å². The van der Waals surface area contributed by atoms with E-state index in [1.54, 1.807) is 24.7 Å². The van der Waals surface area contributed by atoms with Crippen molar-refractivity contribution in [1.82, 2.24) is 4.98 Å². The van der Waals surface area contributed by atoms with Crippen molar-refractivity contribution in [3.63, 3.8) is 0 Å². The van der Waals surface area contributed by atoms with Crippen LogP contribution in [0.5, 0.6) is 0 Å². The van der Waals surface area contributed by atoms with Gasteiger partial charge < -0.3 is 0 Å². The number of aromatic nitrogens is 1. The van der Waals surface area contributed by atoms with Gasteiger partial charge in [-0.2, -0.15) is 5.26 Å². The summed E-state index contributed by atoms with van der Waals surface area (Å²) in [6.45, 7) is 0. The van der Waals surface area contributed by atoms with Crippen LogP contribution in [0.1, 0.15) is 30.7 Å². The van der Waals surface area contributed by atoms with E-state index < -0.39 is 9.73 Å². The van der Waals surface area contributed by atoms with Crippen LogP contribution < -0.4 is 0 Å². The van der Waals surface area contributed by atoms with Gasteiger partial charge in [-0.3, -0.25) is 0 Å². The first-order valence-electron chi connectivity index (χ1n) is 5.75. The van der Waals surface area contributed by atoms with E-state index in [0.717, 1.165) is 24.8 Å². The second kappa shape index (κ2) is 5.25. The Morgan fingerprint density at radius 1 is 1.56 bits per heavy atom. The SMILES string of the molecule is CS(=O)(=NC#N)[C@@H]1CCC[C@@H]1c1ccc(Cl)nc1. The monoisotopic (exact) mass is 283 g/mol. The van der Waals surface area contributed by atoms with Gasteiger partial charge in [-0.25, -0.2) is 9.19 Å². The first kappa shape index (κ1) is 13.3. The zero-order chi connectivity index (χ0) is 13.2. The van der Waals surface area contributed by atoms with Crippen LogP contribution >= 0.6 is 11.6 Å². The molecule has 0 radical (unpaired) electrons. The van der Waals surface area contributed by atoms with E-state index in [9.17, 15) is 4.21 Å². The van der Waals surface area contributed by atoms with E-state index in [2.05, 4.69) is 9.35 Å². The number of hydrogen-bond acceptors (Lipinski definition) is 4. The number of nitriles is 1. The molecule has 1 aliphatic rings. The van der Waals surface area contributed by atoms with Gasteiger partial charge in [0.25, 0.3) is 0 Å². The highest BCUT2D eigenvalue weighted by molar-refractivity contribution is 7.93. The molecule has 0 spiro atoms. The quantitative estimate of drug-likeness (QED) is 0.619. The van der Waals surface area contributed by atoms with Crippen molar-refractivity contribution in [2.45, 2.75) is 30.4 Å². The molecule has 0 aromatic carbocycles. The van der Waals surface area contributed by atoms with Gasteiger partial charge >= 0.3 is 0 Å². The molecule has 0 aliphatic heterocycles. The van der Waals surface area contributed by atoms with Gasteiger partial charge in [-0.15, -0.1) is 4.36 Å². The van der Waals surface area contributed by atoms with E-state index in [1.807, 2.05) is 6.07 Å². The molecule has 6 heteroatoms. The van der Waals surface area contributed by atoms with E-state index in [0.29, 0.717) is 5.15 Å². The molecule has 1 unspecified atom stereocenters. The Morgan fingerprint density at radius 3 is 2.94 bits per heavy atom. The average Bonchev–Trinajstić information content (AvgIpc) is 2.79. The Balaban J connectivity index is 2.34. The Bertz CT molecular complexity index is 584. The summed E-state index contributed by atoms with van der Waals surface area (Å²) >= 11 is 5.77. The summed E-state index contributed by atoms with van der Waals surface area (Å²) < 4.78 is 16.0. The maximum Gasteiger partial charge on any atom is 0.214 e. The van der Waals surface area contributed by atoms with E-state index in [1.165, 1.54) is 0 Å². The van der Waals surface area contributed by atoms with Crippen molar-refractivity contribution in [2.75, 3.05) is 6.26 Å². The Hall–Kier alpha value is -1.12. The summed E-state index contributed by atoms with van der Waals surface area (Å²) in [5.74, 6) is 0.157. The smallest absolute Gasteiger partial charge is 0.214 e.